The van der Waals surface area contributed by atoms with E-state index in [1.165, 1.54) is 6.07 Å². The van der Waals surface area contributed by atoms with E-state index in [-0.39, 0.29) is 29.7 Å². The molecule has 0 bridgehead atoms. The number of rotatable bonds is 5. The first-order valence-corrected chi connectivity index (χ1v) is 10.7. The number of carbonyl (C=O) groups is 2. The Labute approximate surface area is 194 Å². The van der Waals surface area contributed by atoms with Gasteiger partial charge in [0.05, 0.1) is 17.9 Å². The summed E-state index contributed by atoms with van der Waals surface area (Å²) in [5.74, 6) is -0.470. The number of likely N-dealkylation sites (tertiary alicyclic amines) is 1. The molecular formula is C24H19ClFN3O4. The number of benzene rings is 2. The molecule has 0 saturated carbocycles. The Morgan fingerprint density at radius 1 is 1.27 bits per heavy atom. The maximum Gasteiger partial charge on any atom is 0.262 e. The quantitative estimate of drug-likeness (QED) is 0.613. The van der Waals surface area contributed by atoms with Crippen molar-refractivity contribution >= 4 is 29.1 Å². The fourth-order valence-corrected chi connectivity index (χ4v) is 4.03. The van der Waals surface area contributed by atoms with Crippen molar-refractivity contribution < 1.29 is 23.5 Å². The second kappa shape index (κ2) is 8.71. The maximum absolute atomic E-state index is 14.5. The van der Waals surface area contributed by atoms with Crippen LogP contribution in [0.15, 0.2) is 54.9 Å². The Hall–Kier alpha value is -3.65. The summed E-state index contributed by atoms with van der Waals surface area (Å²) in [5.41, 5.74) is 1.92. The summed E-state index contributed by atoms with van der Waals surface area (Å²) >= 11 is 6.16. The lowest BCUT2D eigenvalue weighted by Crippen LogP contribution is -2.52. The van der Waals surface area contributed by atoms with E-state index in [0.717, 1.165) is 17.2 Å². The van der Waals surface area contributed by atoms with E-state index in [1.807, 2.05) is 24.3 Å². The zero-order valence-corrected chi connectivity index (χ0v) is 18.1. The number of aromatic nitrogens is 1. The van der Waals surface area contributed by atoms with Crippen molar-refractivity contribution in [2.24, 2.45) is 5.92 Å². The number of halogens is 2. The van der Waals surface area contributed by atoms with Crippen molar-refractivity contribution in [3.8, 4) is 22.6 Å². The highest BCUT2D eigenvalue weighted by atomic mass is 35.5. The molecule has 2 aromatic carbocycles. The number of pyridine rings is 1. The van der Waals surface area contributed by atoms with E-state index in [0.29, 0.717) is 36.2 Å². The Bertz CT molecular complexity index is 1230. The molecule has 3 aromatic rings. The molecule has 168 valence electrons. The number of hydrogen-bond donors (Lipinski definition) is 1. The molecule has 0 spiro atoms. The third-order valence-electron chi connectivity index (χ3n) is 5.57. The molecule has 0 unspecified atom stereocenters. The van der Waals surface area contributed by atoms with Crippen LogP contribution in [0.25, 0.3) is 11.1 Å². The van der Waals surface area contributed by atoms with E-state index in [4.69, 9.17) is 21.1 Å². The molecular weight excluding hydrogens is 449 g/mol. The molecule has 0 atom stereocenters. The topological polar surface area (TPSA) is 80.8 Å². The summed E-state index contributed by atoms with van der Waals surface area (Å²) < 4.78 is 25.7. The zero-order chi connectivity index (χ0) is 22.9. The third kappa shape index (κ3) is 4.34. The molecule has 1 fully saturated rings. The minimum atomic E-state index is -0.683. The van der Waals surface area contributed by atoms with Crippen LogP contribution in [-0.4, -0.2) is 48.0 Å². The highest BCUT2D eigenvalue weighted by molar-refractivity contribution is 6.31. The summed E-state index contributed by atoms with van der Waals surface area (Å²) in [5, 5.41) is 3.18. The summed E-state index contributed by atoms with van der Waals surface area (Å²) in [7, 11) is 0. The highest BCUT2D eigenvalue weighted by Crippen LogP contribution is 2.34. The Morgan fingerprint density at radius 2 is 2.12 bits per heavy atom. The number of amides is 2. The van der Waals surface area contributed by atoms with Crippen LogP contribution < -0.4 is 14.8 Å². The predicted molar refractivity (Wildman–Crippen MR) is 120 cm³/mol. The average molecular weight is 468 g/mol. The van der Waals surface area contributed by atoms with Gasteiger partial charge in [-0.05, 0) is 30.3 Å². The summed E-state index contributed by atoms with van der Waals surface area (Å²) in [6, 6.07) is 11.6. The van der Waals surface area contributed by atoms with Crippen molar-refractivity contribution in [2.75, 3.05) is 31.6 Å². The van der Waals surface area contributed by atoms with Gasteiger partial charge in [0.2, 0.25) is 0 Å². The van der Waals surface area contributed by atoms with Gasteiger partial charge in [0.15, 0.2) is 6.61 Å². The van der Waals surface area contributed by atoms with Crippen LogP contribution in [0.1, 0.15) is 10.4 Å². The van der Waals surface area contributed by atoms with E-state index in [9.17, 15) is 14.0 Å². The SMILES string of the molecule is O=C1COc2cc(F)c(C(=O)N3CC(COc4ccc(Cl)cc4-c4cccnc4)C3)cc2N1. The minimum absolute atomic E-state index is 0.101. The van der Waals surface area contributed by atoms with Gasteiger partial charge in [-0.15, -0.1) is 0 Å². The molecule has 9 heteroatoms. The molecule has 0 aliphatic carbocycles. The third-order valence-corrected chi connectivity index (χ3v) is 5.80. The molecule has 1 aromatic heterocycles. The standard InChI is InChI=1S/C24H19ClFN3O4/c25-16-3-4-21(17(6-16)15-2-1-5-27-9-15)32-12-14-10-29(11-14)24(31)18-7-20-22(8-19(18)26)33-13-23(30)28-20/h1-9,14H,10-13H2,(H,28,30). The number of hydrogen-bond acceptors (Lipinski definition) is 5. The molecule has 2 aliphatic heterocycles. The number of nitrogens with zero attached hydrogens (tertiary/aromatic N) is 2. The van der Waals surface area contributed by atoms with Crippen molar-refractivity contribution in [3.05, 3.63) is 71.3 Å². The van der Waals surface area contributed by atoms with Crippen LogP contribution in [0.5, 0.6) is 11.5 Å². The number of nitrogens with one attached hydrogen (secondary N) is 1. The highest BCUT2D eigenvalue weighted by Gasteiger charge is 2.34. The Balaban J connectivity index is 1.22. The van der Waals surface area contributed by atoms with Crippen LogP contribution in [0.4, 0.5) is 10.1 Å². The molecule has 7 nitrogen and oxygen atoms in total. The van der Waals surface area contributed by atoms with Gasteiger partial charge >= 0.3 is 0 Å². The van der Waals surface area contributed by atoms with Gasteiger partial charge in [0.1, 0.15) is 17.3 Å². The number of fused-ring (bicyclic) bond motifs is 1. The van der Waals surface area contributed by atoms with Crippen molar-refractivity contribution in [3.63, 3.8) is 0 Å². The molecule has 5 rings (SSSR count). The van der Waals surface area contributed by atoms with Gasteiger partial charge < -0.3 is 19.7 Å². The molecule has 3 heterocycles. The van der Waals surface area contributed by atoms with Crippen LogP contribution in [0, 0.1) is 11.7 Å². The second-order valence-electron chi connectivity index (χ2n) is 7.93. The maximum atomic E-state index is 14.5. The predicted octanol–water partition coefficient (Wildman–Crippen LogP) is 4.02. The second-order valence-corrected chi connectivity index (χ2v) is 8.37. The lowest BCUT2D eigenvalue weighted by atomic mass is 9.99. The molecule has 0 radical (unpaired) electrons. The largest absolute Gasteiger partial charge is 0.493 e. The fraction of sp³-hybridized carbons (Fsp3) is 0.208. The van der Waals surface area contributed by atoms with E-state index in [1.54, 1.807) is 23.4 Å². The lowest BCUT2D eigenvalue weighted by molar-refractivity contribution is -0.118. The first kappa shape index (κ1) is 21.2. The van der Waals surface area contributed by atoms with Gasteiger partial charge in [-0.1, -0.05) is 17.7 Å². The normalized spacial score (nSPS) is 15.2. The smallest absolute Gasteiger partial charge is 0.262 e. The van der Waals surface area contributed by atoms with Crippen LogP contribution >= 0.6 is 11.6 Å². The van der Waals surface area contributed by atoms with Crippen LogP contribution in [0.2, 0.25) is 5.02 Å². The Morgan fingerprint density at radius 3 is 2.91 bits per heavy atom. The van der Waals surface area contributed by atoms with E-state index in [2.05, 4.69) is 10.3 Å². The summed E-state index contributed by atoms with van der Waals surface area (Å²) in [4.78, 5) is 30.0. The molecule has 1 N–H and O–H groups in total. The van der Waals surface area contributed by atoms with Gasteiger partial charge in [0, 0.05) is 53.6 Å². The first-order valence-electron chi connectivity index (χ1n) is 10.4. The van der Waals surface area contributed by atoms with Gasteiger partial charge in [-0.25, -0.2) is 4.39 Å². The minimum Gasteiger partial charge on any atom is -0.493 e. The molecule has 33 heavy (non-hydrogen) atoms. The number of anilines is 1. The van der Waals surface area contributed by atoms with Crippen LogP contribution in [-0.2, 0) is 4.79 Å². The summed E-state index contributed by atoms with van der Waals surface area (Å²) in [6.45, 7) is 1.10. The summed E-state index contributed by atoms with van der Waals surface area (Å²) in [6.07, 6.45) is 3.43. The first-order chi connectivity index (χ1) is 16.0. The zero-order valence-electron chi connectivity index (χ0n) is 17.4. The van der Waals surface area contributed by atoms with Crippen molar-refractivity contribution in [1.82, 2.24) is 9.88 Å². The lowest BCUT2D eigenvalue weighted by Gasteiger charge is -2.39. The fourth-order valence-electron chi connectivity index (χ4n) is 3.86. The van der Waals surface area contributed by atoms with Gasteiger partial charge in [-0.3, -0.25) is 14.6 Å². The van der Waals surface area contributed by atoms with Crippen LogP contribution in [0.3, 0.4) is 0 Å². The van der Waals surface area contributed by atoms with Gasteiger partial charge in [0.25, 0.3) is 11.8 Å². The van der Waals surface area contributed by atoms with Gasteiger partial charge in [-0.2, -0.15) is 0 Å². The van der Waals surface area contributed by atoms with Crippen molar-refractivity contribution in [1.29, 1.82) is 0 Å². The Kier molecular flexibility index (Phi) is 5.60. The monoisotopic (exact) mass is 467 g/mol. The van der Waals surface area contributed by atoms with E-state index < -0.39 is 11.7 Å². The number of carbonyl (C=O) groups excluding carboxylic acids is 2. The number of ether oxygens (including phenoxy) is 2. The molecule has 1 saturated heterocycles. The van der Waals surface area contributed by atoms with E-state index >= 15 is 0 Å². The molecule has 2 aliphatic rings. The molecule has 2 amide bonds. The average Bonchev–Trinajstić information content (AvgIpc) is 2.79. The van der Waals surface area contributed by atoms with Crippen molar-refractivity contribution in [2.45, 2.75) is 0 Å².